The van der Waals surface area contributed by atoms with Gasteiger partial charge in [-0.3, -0.25) is 0 Å². The molecule has 0 aromatic carbocycles. The maximum Gasteiger partial charge on any atom is 0.426 e. The molecule has 0 amide bonds. The van der Waals surface area contributed by atoms with Crippen LogP contribution in [-0.2, 0) is 4.74 Å². The lowest BCUT2D eigenvalue weighted by molar-refractivity contribution is -0.463. The van der Waals surface area contributed by atoms with E-state index in [-0.39, 0.29) is 0 Å². The zero-order valence-electron chi connectivity index (χ0n) is 9.94. The van der Waals surface area contributed by atoms with E-state index in [1.165, 1.54) is 0 Å². The first kappa shape index (κ1) is 15.9. The number of halogens is 12. The number of hydrogen-bond acceptors (Lipinski definition) is 1. The van der Waals surface area contributed by atoms with Crippen LogP contribution in [0.3, 0.4) is 0 Å². The third-order valence-electron chi connectivity index (χ3n) is 1.46. The van der Waals surface area contributed by atoms with Crippen molar-refractivity contribution in [3.63, 3.8) is 0 Å². The minimum atomic E-state index is -6.43. The van der Waals surface area contributed by atoms with Crippen molar-refractivity contribution in [2.24, 2.45) is 0 Å². The maximum absolute atomic E-state index is 12.9. The lowest BCUT2D eigenvalue weighted by atomic mass is 10.3. The van der Waals surface area contributed by atoms with Crippen LogP contribution in [0, 0.1) is 0 Å². The Hall–Kier alpha value is 0.560. The molecule has 0 fully saturated rings. The van der Waals surface area contributed by atoms with E-state index in [0.29, 0.717) is 0 Å². The summed E-state index contributed by atoms with van der Waals surface area (Å²) in [6, 6.07) is 0. The molecule has 0 atom stereocenters. The van der Waals surface area contributed by atoms with Crippen LogP contribution in [0.4, 0.5) is 35.1 Å². The molecule has 13 heteroatoms. The first-order valence-electron chi connectivity index (χ1n) is 4.68. The quantitative estimate of drug-likeness (QED) is 0.458. The molecule has 0 unspecified atom stereocenters. The van der Waals surface area contributed by atoms with Gasteiger partial charge in [0.25, 0.3) is 0 Å². The highest BCUT2D eigenvalue weighted by Gasteiger charge is 2.72. The summed E-state index contributed by atoms with van der Waals surface area (Å²) < 4.78 is 118. The molecule has 0 saturated carbocycles. The SMILES string of the molecule is [2H]C(Cl)(Cl)C(F)(F)C(F)(F)OC(F)(F)C(F)(F)C([2H])(Cl)Cl. The molecule has 0 aliphatic rings. The van der Waals surface area contributed by atoms with E-state index in [0.717, 1.165) is 0 Å². The van der Waals surface area contributed by atoms with E-state index in [2.05, 4.69) is 51.1 Å². The molecule has 0 bridgehead atoms. The molecule has 0 heterocycles. The fourth-order valence-electron chi connectivity index (χ4n) is 0.509. The first-order valence-corrected chi connectivity index (χ1v) is 5.19. The van der Waals surface area contributed by atoms with Gasteiger partial charge in [0.15, 0.2) is 9.62 Å². The Bertz CT molecular complexity index is 357. The van der Waals surface area contributed by atoms with Crippen LogP contribution in [0.2, 0.25) is 0 Å². The summed E-state index contributed by atoms with van der Waals surface area (Å²) in [7, 11) is 0. The predicted molar refractivity (Wildman–Crippen MR) is 51.9 cm³/mol. The van der Waals surface area contributed by atoms with Crippen LogP contribution in [0.1, 0.15) is 2.74 Å². The molecule has 0 N–H and O–H groups in total. The van der Waals surface area contributed by atoms with Gasteiger partial charge in [-0.15, -0.1) is 0 Å². The second-order valence-electron chi connectivity index (χ2n) is 2.81. The fraction of sp³-hybridized carbons (Fsp3) is 1.00. The van der Waals surface area contributed by atoms with Crippen LogP contribution < -0.4 is 0 Å². The van der Waals surface area contributed by atoms with E-state index >= 15 is 0 Å². The van der Waals surface area contributed by atoms with Crippen molar-refractivity contribution in [3.8, 4) is 0 Å². The molecule has 0 aliphatic carbocycles. The minimum absolute atomic E-state index is 2.06. The van der Waals surface area contributed by atoms with E-state index in [1.807, 2.05) is 0 Å². The Morgan fingerprint density at radius 1 is 0.684 bits per heavy atom. The monoisotopic (exact) mass is 384 g/mol. The van der Waals surface area contributed by atoms with Crippen molar-refractivity contribution in [1.82, 2.24) is 0 Å². The molecule has 0 aromatic heterocycles. The second kappa shape index (κ2) is 5.75. The minimum Gasteiger partial charge on any atom is -0.245 e. The molecule has 0 spiro atoms. The van der Waals surface area contributed by atoms with E-state index in [9.17, 15) is 35.1 Å². The van der Waals surface area contributed by atoms with Crippen molar-refractivity contribution in [3.05, 3.63) is 0 Å². The largest absolute Gasteiger partial charge is 0.426 e. The third-order valence-corrected chi connectivity index (χ3v) is 2.41. The normalized spacial score (nSPS) is 18.1. The Labute approximate surface area is 123 Å². The van der Waals surface area contributed by atoms with Crippen molar-refractivity contribution in [2.45, 2.75) is 33.7 Å². The molecule has 0 aromatic rings. The molecule has 0 saturated heterocycles. The van der Waals surface area contributed by atoms with Gasteiger partial charge in [-0.25, -0.2) is 4.74 Å². The van der Waals surface area contributed by atoms with Crippen LogP contribution in [0.25, 0.3) is 0 Å². The lowest BCUT2D eigenvalue weighted by Crippen LogP contribution is -2.57. The smallest absolute Gasteiger partial charge is 0.245 e. The Balaban J connectivity index is 5.65. The Morgan fingerprint density at radius 3 is 1.05 bits per heavy atom. The molecule has 1 nitrogen and oxygen atoms in total. The number of ether oxygens (including phenoxy) is 1. The van der Waals surface area contributed by atoms with Crippen molar-refractivity contribution in [1.29, 1.82) is 0 Å². The van der Waals surface area contributed by atoms with Gasteiger partial charge in [0.2, 0.25) is 0 Å². The Morgan fingerprint density at radius 2 is 0.895 bits per heavy atom. The second-order valence-corrected chi connectivity index (χ2v) is 4.70. The van der Waals surface area contributed by atoms with Gasteiger partial charge < -0.3 is 0 Å². The van der Waals surface area contributed by atoms with Crippen LogP contribution in [0.15, 0.2) is 0 Å². The lowest BCUT2D eigenvalue weighted by Gasteiger charge is -2.33. The van der Waals surface area contributed by atoms with Gasteiger partial charge in [0, 0.05) is 0 Å². The Kier molecular flexibility index (Phi) is 4.82. The highest BCUT2D eigenvalue weighted by Crippen LogP contribution is 2.49. The van der Waals surface area contributed by atoms with Gasteiger partial charge in [-0.2, -0.15) is 35.1 Å². The zero-order valence-corrected chi connectivity index (χ0v) is 11.0. The van der Waals surface area contributed by atoms with Gasteiger partial charge in [0.05, 0.1) is 2.74 Å². The summed E-state index contributed by atoms with van der Waals surface area (Å²) in [5.74, 6) is -12.1. The van der Waals surface area contributed by atoms with Crippen molar-refractivity contribution in [2.75, 3.05) is 0 Å². The number of alkyl halides is 12. The predicted octanol–water partition coefficient (Wildman–Crippen LogP) is 5.07. The summed E-state index contributed by atoms with van der Waals surface area (Å²) >= 11 is 17.4. The molecule has 0 radical (unpaired) electrons. The summed E-state index contributed by atoms with van der Waals surface area (Å²) in [6.45, 7) is 0. The molecule has 116 valence electrons. The van der Waals surface area contributed by atoms with E-state index < -0.39 is 33.7 Å². The zero-order chi connectivity index (χ0) is 17.7. The highest BCUT2D eigenvalue weighted by molar-refractivity contribution is 6.45. The summed E-state index contributed by atoms with van der Waals surface area (Å²) in [6.07, 6.45) is -12.9. The van der Waals surface area contributed by atoms with Crippen LogP contribution in [-0.4, -0.2) is 33.7 Å². The van der Waals surface area contributed by atoms with E-state index in [1.54, 1.807) is 0 Å². The van der Waals surface area contributed by atoms with Crippen LogP contribution >= 0.6 is 46.4 Å². The summed E-state index contributed by atoms with van der Waals surface area (Å²) in [4.78, 5) is -8.80. The number of rotatable bonds is 6. The van der Waals surface area contributed by atoms with Gasteiger partial charge in [-0.1, -0.05) is 46.4 Å². The van der Waals surface area contributed by atoms with Crippen LogP contribution in [0.5, 0.6) is 0 Å². The van der Waals surface area contributed by atoms with Gasteiger partial charge >= 0.3 is 24.1 Å². The fourth-order valence-corrected chi connectivity index (χ4v) is 0.949. The average Bonchev–Trinajstić information content (AvgIpc) is 2.11. The molecule has 0 aliphatic heterocycles. The average molecular weight is 386 g/mol. The molecule has 0 rings (SSSR count). The van der Waals surface area contributed by atoms with Crippen molar-refractivity contribution < 1.29 is 42.6 Å². The van der Waals surface area contributed by atoms with Gasteiger partial charge in [0.1, 0.15) is 0 Å². The maximum atomic E-state index is 12.9. The standard InChI is InChI=1S/C6H2Cl4F8O/c7-1(8)3(11,12)5(15,16)19-6(17,18)4(13,14)2(9)10/h1-2H/i1D,2D. The first-order chi connectivity index (χ1) is 8.71. The number of hydrogen-bond donors (Lipinski definition) is 0. The molecular formula is C6H2Cl4F8O. The summed E-state index contributed by atoms with van der Waals surface area (Å²) in [5.41, 5.74) is 0. The topological polar surface area (TPSA) is 9.23 Å². The molecular weight excluding hydrogens is 382 g/mol. The third kappa shape index (κ3) is 3.81. The van der Waals surface area contributed by atoms with E-state index in [4.69, 9.17) is 2.74 Å². The van der Waals surface area contributed by atoms with Crippen molar-refractivity contribution >= 4 is 46.4 Å². The summed E-state index contributed by atoms with van der Waals surface area (Å²) in [5, 5.41) is 0. The highest BCUT2D eigenvalue weighted by atomic mass is 35.5. The molecule has 19 heavy (non-hydrogen) atoms. The van der Waals surface area contributed by atoms with Gasteiger partial charge in [-0.05, 0) is 0 Å².